The lowest BCUT2D eigenvalue weighted by Gasteiger charge is -2.01. The molecule has 1 rings (SSSR count). The van der Waals surface area contributed by atoms with Gasteiger partial charge in [0, 0.05) is 18.2 Å². The SMILES string of the molecule is CCCCNC(=O)C=Cc1c(F)cccc1Cl. The van der Waals surface area contributed by atoms with Gasteiger partial charge in [-0.3, -0.25) is 4.79 Å². The first kappa shape index (κ1) is 13.7. The zero-order valence-corrected chi connectivity index (χ0v) is 10.4. The molecule has 4 heteroatoms. The van der Waals surface area contributed by atoms with Crippen molar-refractivity contribution in [1.82, 2.24) is 5.32 Å². The van der Waals surface area contributed by atoms with Crippen LogP contribution in [0.2, 0.25) is 5.02 Å². The molecule has 0 radical (unpaired) electrons. The fourth-order valence-corrected chi connectivity index (χ4v) is 1.50. The van der Waals surface area contributed by atoms with Crippen molar-refractivity contribution in [3.8, 4) is 0 Å². The first-order valence-electron chi connectivity index (χ1n) is 5.55. The molecule has 17 heavy (non-hydrogen) atoms. The van der Waals surface area contributed by atoms with Crippen LogP contribution in [0.15, 0.2) is 24.3 Å². The molecule has 0 saturated carbocycles. The Balaban J connectivity index is 2.61. The van der Waals surface area contributed by atoms with E-state index in [1.54, 1.807) is 6.07 Å². The van der Waals surface area contributed by atoms with Gasteiger partial charge >= 0.3 is 0 Å². The van der Waals surface area contributed by atoms with Gasteiger partial charge in [-0.05, 0) is 24.6 Å². The lowest BCUT2D eigenvalue weighted by Crippen LogP contribution is -2.21. The molecule has 0 saturated heterocycles. The van der Waals surface area contributed by atoms with Gasteiger partial charge in [0.05, 0.1) is 5.02 Å². The van der Waals surface area contributed by atoms with Crippen molar-refractivity contribution in [3.05, 3.63) is 40.7 Å². The summed E-state index contributed by atoms with van der Waals surface area (Å²) in [6.07, 6.45) is 4.63. The number of hydrogen-bond donors (Lipinski definition) is 1. The molecule has 1 aromatic carbocycles. The highest BCUT2D eigenvalue weighted by Crippen LogP contribution is 2.20. The maximum atomic E-state index is 13.3. The summed E-state index contributed by atoms with van der Waals surface area (Å²) in [7, 11) is 0. The Morgan fingerprint density at radius 2 is 2.29 bits per heavy atom. The lowest BCUT2D eigenvalue weighted by atomic mass is 10.2. The van der Waals surface area contributed by atoms with Crippen molar-refractivity contribution in [3.63, 3.8) is 0 Å². The molecule has 0 bridgehead atoms. The molecule has 0 atom stereocenters. The van der Waals surface area contributed by atoms with Crippen LogP contribution in [0, 0.1) is 5.82 Å². The number of hydrogen-bond acceptors (Lipinski definition) is 1. The Labute approximate surface area is 105 Å². The summed E-state index contributed by atoms with van der Waals surface area (Å²) in [5.74, 6) is -0.673. The maximum absolute atomic E-state index is 13.3. The van der Waals surface area contributed by atoms with Gasteiger partial charge < -0.3 is 5.32 Å². The van der Waals surface area contributed by atoms with Crippen LogP contribution in [0.3, 0.4) is 0 Å². The number of carbonyl (C=O) groups is 1. The number of unbranched alkanes of at least 4 members (excludes halogenated alkanes) is 1. The van der Waals surface area contributed by atoms with Gasteiger partial charge in [-0.1, -0.05) is 31.0 Å². The molecule has 0 heterocycles. The van der Waals surface area contributed by atoms with E-state index in [-0.39, 0.29) is 11.5 Å². The number of nitrogens with one attached hydrogen (secondary N) is 1. The van der Waals surface area contributed by atoms with E-state index in [0.29, 0.717) is 11.6 Å². The zero-order valence-electron chi connectivity index (χ0n) is 9.67. The van der Waals surface area contributed by atoms with E-state index in [2.05, 4.69) is 5.32 Å². The molecular weight excluding hydrogens is 241 g/mol. The van der Waals surface area contributed by atoms with Gasteiger partial charge in [0.15, 0.2) is 0 Å². The quantitative estimate of drug-likeness (QED) is 0.634. The molecule has 0 fully saturated rings. The standard InChI is InChI=1S/C13H15ClFNO/c1-2-3-9-16-13(17)8-7-10-11(14)5-4-6-12(10)15/h4-8H,2-3,9H2,1H3,(H,16,17). The Morgan fingerprint density at radius 3 is 2.94 bits per heavy atom. The summed E-state index contributed by atoms with van der Waals surface area (Å²) in [6, 6.07) is 4.41. The molecule has 0 aliphatic heterocycles. The molecule has 1 amide bonds. The third-order valence-electron chi connectivity index (χ3n) is 2.23. The van der Waals surface area contributed by atoms with E-state index in [9.17, 15) is 9.18 Å². The van der Waals surface area contributed by atoms with Gasteiger partial charge in [-0.2, -0.15) is 0 Å². The molecule has 0 aromatic heterocycles. The van der Waals surface area contributed by atoms with E-state index in [4.69, 9.17) is 11.6 Å². The van der Waals surface area contributed by atoms with Gasteiger partial charge in [0.25, 0.3) is 0 Å². The molecule has 2 nitrogen and oxygen atoms in total. The van der Waals surface area contributed by atoms with Gasteiger partial charge in [0.2, 0.25) is 5.91 Å². The van der Waals surface area contributed by atoms with E-state index in [1.807, 2.05) is 6.92 Å². The summed E-state index contributed by atoms with van der Waals surface area (Å²) >= 11 is 5.82. The van der Waals surface area contributed by atoms with Gasteiger partial charge in [-0.25, -0.2) is 4.39 Å². The third-order valence-corrected chi connectivity index (χ3v) is 2.56. The van der Waals surface area contributed by atoms with Crippen molar-refractivity contribution in [2.75, 3.05) is 6.54 Å². The second-order valence-electron chi connectivity index (χ2n) is 3.61. The number of halogens is 2. The fourth-order valence-electron chi connectivity index (χ4n) is 1.28. The number of rotatable bonds is 5. The van der Waals surface area contributed by atoms with Gasteiger partial charge in [-0.15, -0.1) is 0 Å². The zero-order chi connectivity index (χ0) is 12.7. The van der Waals surface area contributed by atoms with Crippen LogP contribution < -0.4 is 5.32 Å². The molecule has 0 aliphatic rings. The average Bonchev–Trinajstić information content (AvgIpc) is 2.29. The van der Waals surface area contributed by atoms with Crippen molar-refractivity contribution < 1.29 is 9.18 Å². The molecule has 1 aromatic rings. The monoisotopic (exact) mass is 255 g/mol. The van der Waals surface area contributed by atoms with Crippen molar-refractivity contribution in [2.24, 2.45) is 0 Å². The van der Waals surface area contributed by atoms with E-state index < -0.39 is 5.82 Å². The minimum Gasteiger partial charge on any atom is -0.353 e. The summed E-state index contributed by atoms with van der Waals surface area (Å²) in [5.41, 5.74) is 0.236. The topological polar surface area (TPSA) is 29.1 Å². The van der Waals surface area contributed by atoms with Crippen molar-refractivity contribution in [2.45, 2.75) is 19.8 Å². The minimum atomic E-state index is -0.435. The molecule has 0 aliphatic carbocycles. The lowest BCUT2D eigenvalue weighted by molar-refractivity contribution is -0.116. The van der Waals surface area contributed by atoms with E-state index in [0.717, 1.165) is 12.8 Å². The predicted molar refractivity (Wildman–Crippen MR) is 68.4 cm³/mol. The summed E-state index contributed by atoms with van der Waals surface area (Å²) in [5, 5.41) is 3.00. The minimum absolute atomic E-state index is 0.236. The highest BCUT2D eigenvalue weighted by atomic mass is 35.5. The van der Waals surface area contributed by atoms with Crippen LogP contribution in [0.5, 0.6) is 0 Å². The third kappa shape index (κ3) is 4.57. The number of carbonyl (C=O) groups excluding carboxylic acids is 1. The Morgan fingerprint density at radius 1 is 1.53 bits per heavy atom. The average molecular weight is 256 g/mol. The van der Waals surface area contributed by atoms with Crippen molar-refractivity contribution >= 4 is 23.6 Å². The molecule has 0 spiro atoms. The first-order valence-corrected chi connectivity index (χ1v) is 5.93. The van der Waals surface area contributed by atoms with Gasteiger partial charge in [0.1, 0.15) is 5.82 Å². The molecule has 1 N–H and O–H groups in total. The summed E-state index contributed by atoms with van der Waals surface area (Å²) < 4.78 is 13.3. The Kier molecular flexibility index (Phi) is 5.70. The number of amides is 1. The normalized spacial score (nSPS) is 10.8. The van der Waals surface area contributed by atoms with Crippen LogP contribution in [-0.4, -0.2) is 12.5 Å². The Bertz CT molecular complexity index is 398. The Hall–Kier alpha value is -1.35. The van der Waals surface area contributed by atoms with Crippen molar-refractivity contribution in [1.29, 1.82) is 0 Å². The highest BCUT2D eigenvalue weighted by molar-refractivity contribution is 6.32. The first-order chi connectivity index (χ1) is 8.15. The molecular formula is C13H15ClFNO. The largest absolute Gasteiger partial charge is 0.353 e. The fraction of sp³-hybridized carbons (Fsp3) is 0.308. The van der Waals surface area contributed by atoms with Crippen LogP contribution in [0.25, 0.3) is 6.08 Å². The smallest absolute Gasteiger partial charge is 0.244 e. The predicted octanol–water partition coefficient (Wildman–Crippen LogP) is 3.41. The van der Waals surface area contributed by atoms with Crippen LogP contribution in [-0.2, 0) is 4.79 Å². The van der Waals surface area contributed by atoms with E-state index >= 15 is 0 Å². The summed E-state index contributed by atoms with van der Waals surface area (Å²) in [4.78, 5) is 11.4. The maximum Gasteiger partial charge on any atom is 0.244 e. The van der Waals surface area contributed by atoms with Crippen LogP contribution >= 0.6 is 11.6 Å². The van der Waals surface area contributed by atoms with E-state index in [1.165, 1.54) is 24.3 Å². The summed E-state index contributed by atoms with van der Waals surface area (Å²) in [6.45, 7) is 2.67. The second kappa shape index (κ2) is 7.07. The number of benzene rings is 1. The molecule has 92 valence electrons. The van der Waals surface area contributed by atoms with Crippen LogP contribution in [0.1, 0.15) is 25.3 Å². The molecule has 0 unspecified atom stereocenters. The second-order valence-corrected chi connectivity index (χ2v) is 4.02. The van der Waals surface area contributed by atoms with Crippen LogP contribution in [0.4, 0.5) is 4.39 Å². The highest BCUT2D eigenvalue weighted by Gasteiger charge is 2.03.